The Morgan fingerprint density at radius 3 is 2.85 bits per heavy atom. The van der Waals surface area contributed by atoms with Gasteiger partial charge in [-0.15, -0.1) is 15.3 Å². The summed E-state index contributed by atoms with van der Waals surface area (Å²) in [5.74, 6) is 1.86. The van der Waals surface area contributed by atoms with Gasteiger partial charge in [-0.3, -0.25) is 0 Å². The van der Waals surface area contributed by atoms with Gasteiger partial charge in [-0.25, -0.2) is 4.39 Å². The molecule has 134 valence electrons. The maximum atomic E-state index is 13.4. The highest BCUT2D eigenvalue weighted by atomic mass is 35.5. The normalized spacial score (nSPS) is 20.7. The van der Waals surface area contributed by atoms with Crippen LogP contribution in [-0.4, -0.2) is 39.5 Å². The lowest BCUT2D eigenvalue weighted by Crippen LogP contribution is -2.39. The van der Waals surface area contributed by atoms with Gasteiger partial charge in [0.15, 0.2) is 11.5 Å². The molecule has 0 amide bonds. The van der Waals surface area contributed by atoms with E-state index in [1.54, 1.807) is 12.1 Å². The van der Waals surface area contributed by atoms with Gasteiger partial charge in [0.2, 0.25) is 0 Å². The molecule has 1 aliphatic heterocycles. The maximum absolute atomic E-state index is 13.4. The molecule has 0 spiro atoms. The predicted molar refractivity (Wildman–Crippen MR) is 95.1 cm³/mol. The van der Waals surface area contributed by atoms with Crippen molar-refractivity contribution in [1.82, 2.24) is 19.8 Å². The summed E-state index contributed by atoms with van der Waals surface area (Å²) in [7, 11) is 0. The molecule has 1 aromatic carbocycles. The quantitative estimate of drug-likeness (QED) is 0.704. The number of morpholine rings is 1. The van der Waals surface area contributed by atoms with Gasteiger partial charge in [-0.05, 0) is 42.7 Å². The summed E-state index contributed by atoms with van der Waals surface area (Å²) in [5, 5.41) is 13.4. The number of hydrogen-bond donors (Lipinski definition) is 0. The molecule has 2 aliphatic rings. The molecule has 3 aromatic rings. The van der Waals surface area contributed by atoms with Crippen molar-refractivity contribution in [3.63, 3.8) is 0 Å². The van der Waals surface area contributed by atoms with E-state index in [-0.39, 0.29) is 11.1 Å². The van der Waals surface area contributed by atoms with Crippen LogP contribution in [-0.2, 0) is 4.74 Å². The summed E-state index contributed by atoms with van der Waals surface area (Å²) in [6.45, 7) is 1.93. The molecular weight excluding hydrogens is 357 g/mol. The standard InChI is InChI=1S/C18H17ClFN5O/c19-13-9-12(3-4-14(13)20)15-10-24(7-8-26-15)17-6-5-16-21-22-18(11-1-2-11)25(16)23-17/h3-6,9,11,15H,1-2,7-8,10H2. The van der Waals surface area contributed by atoms with Crippen LogP contribution in [0.25, 0.3) is 5.65 Å². The second-order valence-corrected chi connectivity index (χ2v) is 7.18. The van der Waals surface area contributed by atoms with Gasteiger partial charge < -0.3 is 9.64 Å². The van der Waals surface area contributed by atoms with Crippen LogP contribution in [0.3, 0.4) is 0 Å². The Labute approximate surface area is 154 Å². The van der Waals surface area contributed by atoms with Crippen molar-refractivity contribution < 1.29 is 9.13 Å². The fourth-order valence-corrected chi connectivity index (χ4v) is 3.52. The number of halogens is 2. The van der Waals surface area contributed by atoms with Crippen LogP contribution in [0.5, 0.6) is 0 Å². The average Bonchev–Trinajstić information content (AvgIpc) is 3.43. The molecule has 8 heteroatoms. The third-order valence-electron chi connectivity index (χ3n) is 4.92. The average molecular weight is 374 g/mol. The number of ether oxygens (including phenoxy) is 1. The largest absolute Gasteiger partial charge is 0.370 e. The third kappa shape index (κ3) is 2.81. The van der Waals surface area contributed by atoms with E-state index in [2.05, 4.69) is 15.1 Å². The van der Waals surface area contributed by atoms with Crippen molar-refractivity contribution in [2.45, 2.75) is 24.9 Å². The van der Waals surface area contributed by atoms with Crippen molar-refractivity contribution in [2.24, 2.45) is 0 Å². The predicted octanol–water partition coefficient (Wildman–Crippen LogP) is 3.37. The van der Waals surface area contributed by atoms with E-state index >= 15 is 0 Å². The first kappa shape index (κ1) is 16.0. The molecular formula is C18H17ClFN5O. The number of benzene rings is 1. The minimum Gasteiger partial charge on any atom is -0.370 e. The van der Waals surface area contributed by atoms with Gasteiger partial charge >= 0.3 is 0 Å². The smallest absolute Gasteiger partial charge is 0.178 e. The molecule has 2 fully saturated rings. The van der Waals surface area contributed by atoms with Gasteiger partial charge in [0.25, 0.3) is 0 Å². The number of aromatic nitrogens is 4. The summed E-state index contributed by atoms with van der Waals surface area (Å²) in [6.07, 6.45) is 2.12. The fraction of sp³-hybridized carbons (Fsp3) is 0.389. The monoisotopic (exact) mass is 373 g/mol. The van der Waals surface area contributed by atoms with Gasteiger partial charge in [-0.2, -0.15) is 4.52 Å². The molecule has 1 unspecified atom stereocenters. The molecule has 1 aliphatic carbocycles. The van der Waals surface area contributed by atoms with E-state index in [4.69, 9.17) is 21.4 Å². The first-order chi connectivity index (χ1) is 12.7. The summed E-state index contributed by atoms with van der Waals surface area (Å²) >= 11 is 5.92. The topological polar surface area (TPSA) is 55.6 Å². The Morgan fingerprint density at radius 1 is 1.15 bits per heavy atom. The van der Waals surface area contributed by atoms with Crippen LogP contribution in [0.2, 0.25) is 5.02 Å². The van der Waals surface area contributed by atoms with E-state index in [1.807, 2.05) is 16.6 Å². The van der Waals surface area contributed by atoms with E-state index in [0.717, 1.165) is 42.2 Å². The Hall–Kier alpha value is -2.25. The van der Waals surface area contributed by atoms with Crippen molar-refractivity contribution in [3.8, 4) is 0 Å². The van der Waals surface area contributed by atoms with Crippen LogP contribution in [0.1, 0.15) is 36.3 Å². The zero-order chi connectivity index (χ0) is 17.7. The van der Waals surface area contributed by atoms with E-state index in [9.17, 15) is 4.39 Å². The second kappa shape index (κ2) is 6.17. The highest BCUT2D eigenvalue weighted by Gasteiger charge is 2.30. The van der Waals surface area contributed by atoms with E-state index < -0.39 is 5.82 Å². The Balaban J connectivity index is 1.43. The summed E-state index contributed by atoms with van der Waals surface area (Å²) < 4.78 is 21.2. The van der Waals surface area contributed by atoms with Gasteiger partial charge in [0.05, 0.1) is 11.6 Å². The first-order valence-electron chi connectivity index (χ1n) is 8.73. The minimum atomic E-state index is -0.421. The summed E-state index contributed by atoms with van der Waals surface area (Å²) in [5.41, 5.74) is 1.64. The van der Waals surface area contributed by atoms with Crippen LogP contribution >= 0.6 is 11.6 Å². The maximum Gasteiger partial charge on any atom is 0.178 e. The minimum absolute atomic E-state index is 0.112. The van der Waals surface area contributed by atoms with E-state index in [0.29, 0.717) is 19.1 Å². The molecule has 2 aromatic heterocycles. The molecule has 1 saturated heterocycles. The lowest BCUT2D eigenvalue weighted by molar-refractivity contribution is 0.0394. The van der Waals surface area contributed by atoms with Gasteiger partial charge in [-0.1, -0.05) is 17.7 Å². The number of anilines is 1. The summed E-state index contributed by atoms with van der Waals surface area (Å²) in [6, 6.07) is 8.63. The van der Waals surface area contributed by atoms with Crippen molar-refractivity contribution in [3.05, 3.63) is 52.6 Å². The second-order valence-electron chi connectivity index (χ2n) is 6.77. The molecule has 5 rings (SSSR count). The molecule has 0 N–H and O–H groups in total. The molecule has 1 atom stereocenters. The van der Waals surface area contributed by atoms with Crippen LogP contribution in [0, 0.1) is 5.82 Å². The molecule has 3 heterocycles. The van der Waals surface area contributed by atoms with Gasteiger partial charge in [0.1, 0.15) is 17.7 Å². The van der Waals surface area contributed by atoms with Crippen molar-refractivity contribution in [1.29, 1.82) is 0 Å². The third-order valence-corrected chi connectivity index (χ3v) is 5.21. The number of rotatable bonds is 3. The highest BCUT2D eigenvalue weighted by Crippen LogP contribution is 2.39. The number of nitrogens with zero attached hydrogens (tertiary/aromatic N) is 5. The van der Waals surface area contributed by atoms with Crippen molar-refractivity contribution >= 4 is 23.1 Å². The highest BCUT2D eigenvalue weighted by molar-refractivity contribution is 6.30. The Morgan fingerprint density at radius 2 is 2.04 bits per heavy atom. The van der Waals surface area contributed by atoms with Crippen molar-refractivity contribution in [2.75, 3.05) is 24.6 Å². The van der Waals surface area contributed by atoms with Crippen LogP contribution in [0.4, 0.5) is 10.2 Å². The van der Waals surface area contributed by atoms with Crippen LogP contribution < -0.4 is 4.90 Å². The first-order valence-corrected chi connectivity index (χ1v) is 9.11. The Kier molecular flexibility index (Phi) is 3.79. The number of fused-ring (bicyclic) bond motifs is 1. The molecule has 6 nitrogen and oxygen atoms in total. The zero-order valence-corrected chi connectivity index (χ0v) is 14.7. The lowest BCUT2D eigenvalue weighted by Gasteiger charge is -2.34. The molecule has 0 radical (unpaired) electrons. The lowest BCUT2D eigenvalue weighted by atomic mass is 10.1. The molecule has 1 saturated carbocycles. The Bertz CT molecular complexity index is 973. The van der Waals surface area contributed by atoms with E-state index in [1.165, 1.54) is 6.07 Å². The van der Waals surface area contributed by atoms with Gasteiger partial charge in [0, 0.05) is 19.0 Å². The SMILES string of the molecule is Fc1ccc(C2CN(c3ccc4nnc(C5CC5)n4n3)CCO2)cc1Cl. The summed E-state index contributed by atoms with van der Waals surface area (Å²) in [4.78, 5) is 2.17. The molecule has 0 bridgehead atoms. The van der Waals surface area contributed by atoms with Crippen LogP contribution in [0.15, 0.2) is 30.3 Å². The molecule has 26 heavy (non-hydrogen) atoms. The zero-order valence-electron chi connectivity index (χ0n) is 14.0. The fourth-order valence-electron chi connectivity index (χ4n) is 3.33. The number of hydrogen-bond acceptors (Lipinski definition) is 5.